The highest BCUT2D eigenvalue weighted by molar-refractivity contribution is 8.18. The molecule has 0 aliphatic carbocycles. The number of aryl methyl sites for hydroxylation is 1. The van der Waals surface area contributed by atoms with Gasteiger partial charge in [0.1, 0.15) is 0 Å². The van der Waals surface area contributed by atoms with Crippen molar-refractivity contribution in [1.29, 1.82) is 0 Å². The zero-order valence-corrected chi connectivity index (χ0v) is 20.7. The molecule has 0 N–H and O–H groups in total. The number of thioether (sulfide) groups is 1. The molecule has 3 aromatic heterocycles. The minimum Gasteiger partial charge on any atom is -0.341 e. The first-order valence-corrected chi connectivity index (χ1v) is 13.9. The lowest BCUT2D eigenvalue weighted by atomic mass is 9.91. The van der Waals surface area contributed by atoms with E-state index in [2.05, 4.69) is 43.1 Å². The highest BCUT2D eigenvalue weighted by atomic mass is 32.2. The van der Waals surface area contributed by atoms with Crippen molar-refractivity contribution in [2.24, 2.45) is 5.92 Å². The number of hydrogen-bond donors (Lipinski definition) is 0. The molecule has 0 bridgehead atoms. The number of nitrogens with zero attached hydrogens (tertiary/aromatic N) is 3. The van der Waals surface area contributed by atoms with Crippen molar-refractivity contribution in [2.45, 2.75) is 38.5 Å². The molecule has 0 aromatic carbocycles. The van der Waals surface area contributed by atoms with Crippen LogP contribution in [0.5, 0.6) is 0 Å². The molecular weight excluding hydrogens is 470 g/mol. The van der Waals surface area contributed by atoms with Crippen molar-refractivity contribution in [3.05, 3.63) is 56.0 Å². The normalized spacial score (nSPS) is 18.5. The molecule has 5 nitrogen and oxygen atoms in total. The quantitative estimate of drug-likeness (QED) is 0.292. The lowest BCUT2D eigenvalue weighted by molar-refractivity contribution is -0.119. The summed E-state index contributed by atoms with van der Waals surface area (Å²) >= 11 is 4.64. The molecule has 0 saturated carbocycles. The van der Waals surface area contributed by atoms with Crippen LogP contribution >= 0.6 is 34.4 Å². The van der Waals surface area contributed by atoms with Crippen molar-refractivity contribution >= 4 is 57.4 Å². The smallest absolute Gasteiger partial charge is 0.225 e. The van der Waals surface area contributed by atoms with Gasteiger partial charge in [-0.1, -0.05) is 0 Å². The van der Waals surface area contributed by atoms with Gasteiger partial charge in [-0.2, -0.15) is 11.3 Å². The highest BCUT2D eigenvalue weighted by Gasteiger charge is 2.26. The van der Waals surface area contributed by atoms with Crippen LogP contribution in [0.4, 0.5) is 5.95 Å². The summed E-state index contributed by atoms with van der Waals surface area (Å²) in [6, 6.07) is 6.32. The van der Waals surface area contributed by atoms with Crippen molar-refractivity contribution < 1.29 is 9.59 Å². The van der Waals surface area contributed by atoms with E-state index in [1.54, 1.807) is 29.7 Å². The number of allylic oxidation sites excluding steroid dienone is 1. The second-order valence-corrected chi connectivity index (χ2v) is 11.4. The molecule has 3 aromatic rings. The van der Waals surface area contributed by atoms with Gasteiger partial charge in [0, 0.05) is 24.2 Å². The van der Waals surface area contributed by atoms with E-state index in [0.717, 1.165) is 50.0 Å². The number of rotatable bonds is 7. The molecule has 170 valence electrons. The zero-order valence-electron chi connectivity index (χ0n) is 18.2. The maximum Gasteiger partial charge on any atom is 0.225 e. The maximum absolute atomic E-state index is 11.9. The van der Waals surface area contributed by atoms with Crippen molar-refractivity contribution in [2.75, 3.05) is 18.0 Å². The van der Waals surface area contributed by atoms with Gasteiger partial charge in [0.15, 0.2) is 5.78 Å². The van der Waals surface area contributed by atoms with Gasteiger partial charge < -0.3 is 4.90 Å². The third-order valence-corrected chi connectivity index (χ3v) is 8.81. The van der Waals surface area contributed by atoms with Crippen LogP contribution in [-0.2, 0) is 16.0 Å². The summed E-state index contributed by atoms with van der Waals surface area (Å²) < 4.78 is 0. The fourth-order valence-electron chi connectivity index (χ4n) is 4.35. The zero-order chi connectivity index (χ0) is 22.6. The molecule has 0 spiro atoms. The lowest BCUT2D eigenvalue weighted by Crippen LogP contribution is -2.35. The third-order valence-electron chi connectivity index (χ3n) is 6.19. The molecule has 33 heavy (non-hydrogen) atoms. The SMILES string of the molecule is O=C1CC(=O)/C(=C/c2ccnc(N3CCC(CCCc4cc(-c5ccsc5)cs4)CC3)n2)S1. The van der Waals surface area contributed by atoms with Crippen LogP contribution in [0, 0.1) is 5.92 Å². The predicted molar refractivity (Wildman–Crippen MR) is 138 cm³/mol. The summed E-state index contributed by atoms with van der Waals surface area (Å²) in [6.07, 6.45) is 9.41. The van der Waals surface area contributed by atoms with Gasteiger partial charge in [0.25, 0.3) is 0 Å². The monoisotopic (exact) mass is 495 g/mol. The summed E-state index contributed by atoms with van der Waals surface area (Å²) in [4.78, 5) is 36.6. The molecule has 0 atom stereocenters. The van der Waals surface area contributed by atoms with Crippen molar-refractivity contribution in [1.82, 2.24) is 9.97 Å². The molecule has 2 aliphatic rings. The fraction of sp³-hybridized carbons (Fsp3) is 0.360. The number of aromatic nitrogens is 2. The summed E-state index contributed by atoms with van der Waals surface area (Å²) in [7, 11) is 0. The van der Waals surface area contributed by atoms with E-state index in [9.17, 15) is 9.59 Å². The van der Waals surface area contributed by atoms with Gasteiger partial charge >= 0.3 is 0 Å². The number of ketones is 1. The lowest BCUT2D eigenvalue weighted by Gasteiger charge is -2.32. The van der Waals surface area contributed by atoms with Crippen LogP contribution in [0.1, 0.15) is 42.7 Å². The minimum absolute atomic E-state index is 0.00973. The van der Waals surface area contributed by atoms with Crippen LogP contribution in [0.25, 0.3) is 17.2 Å². The van der Waals surface area contributed by atoms with Crippen molar-refractivity contribution in [3.63, 3.8) is 0 Å². The van der Waals surface area contributed by atoms with E-state index in [4.69, 9.17) is 0 Å². The van der Waals surface area contributed by atoms with E-state index in [0.29, 0.717) is 16.5 Å². The Bertz CT molecular complexity index is 1160. The topological polar surface area (TPSA) is 63.2 Å². The molecule has 2 saturated heterocycles. The van der Waals surface area contributed by atoms with Crippen molar-refractivity contribution in [3.8, 4) is 11.1 Å². The first-order valence-electron chi connectivity index (χ1n) is 11.3. The van der Waals surface area contributed by atoms with E-state index in [1.807, 2.05) is 11.3 Å². The molecule has 5 heterocycles. The molecular formula is C25H25N3O2S3. The first-order chi connectivity index (χ1) is 16.1. The van der Waals surface area contributed by atoms with Gasteiger partial charge in [-0.3, -0.25) is 9.59 Å². The number of Topliss-reactive ketones (excluding diaryl/α,β-unsaturated/α-hetero) is 1. The molecule has 0 amide bonds. The standard InChI is InChI=1S/C25H25N3O2S3/c29-22-14-24(30)33-23(22)13-20-4-8-26-25(27-20)28-9-5-17(6-10-28)2-1-3-21-12-19(16-32-21)18-7-11-31-15-18/h4,7-8,11-13,15-17H,1-3,5-6,9-10,14H2/b23-13-. The van der Waals surface area contributed by atoms with Gasteiger partial charge in [-0.05, 0) is 101 Å². The molecule has 2 fully saturated rings. The van der Waals surface area contributed by atoms with Gasteiger partial charge in [-0.25, -0.2) is 9.97 Å². The Balaban J connectivity index is 1.10. The van der Waals surface area contributed by atoms with E-state index < -0.39 is 0 Å². The Kier molecular flexibility index (Phi) is 7.04. The molecule has 0 radical (unpaired) electrons. The van der Waals surface area contributed by atoms with Crippen LogP contribution in [0.2, 0.25) is 0 Å². The summed E-state index contributed by atoms with van der Waals surface area (Å²) in [6.45, 7) is 1.91. The number of piperidine rings is 1. The second-order valence-electron chi connectivity index (χ2n) is 8.50. The molecule has 8 heteroatoms. The Hall–Kier alpha value is -2.29. The predicted octanol–water partition coefficient (Wildman–Crippen LogP) is 6.08. The molecule has 5 rings (SSSR count). The average Bonchev–Trinajstić information content (AvgIpc) is 3.57. The van der Waals surface area contributed by atoms with E-state index >= 15 is 0 Å². The van der Waals surface area contributed by atoms with Gasteiger partial charge in [0.05, 0.1) is 17.0 Å². The number of carbonyl (C=O) groups excluding carboxylic acids is 2. The Morgan fingerprint density at radius 1 is 1.12 bits per heavy atom. The molecule has 2 aliphatic heterocycles. The molecule has 0 unspecified atom stereocenters. The van der Waals surface area contributed by atoms with Gasteiger partial charge in [-0.15, -0.1) is 11.3 Å². The highest BCUT2D eigenvalue weighted by Crippen LogP contribution is 2.31. The second kappa shape index (κ2) is 10.3. The van der Waals surface area contributed by atoms with Crippen LogP contribution in [0.3, 0.4) is 0 Å². The number of carbonyl (C=O) groups is 2. The first kappa shape index (κ1) is 22.5. The van der Waals surface area contributed by atoms with Gasteiger partial charge in [0.2, 0.25) is 11.1 Å². The largest absolute Gasteiger partial charge is 0.341 e. The third kappa shape index (κ3) is 5.62. The summed E-state index contributed by atoms with van der Waals surface area (Å²) in [5, 5.41) is 6.53. The minimum atomic E-state index is -0.115. The average molecular weight is 496 g/mol. The Labute approximate surface area is 206 Å². The van der Waals surface area contributed by atoms with Crippen LogP contribution in [0.15, 0.2) is 45.4 Å². The summed E-state index contributed by atoms with van der Waals surface area (Å²) in [5.74, 6) is 1.35. The fourth-order valence-corrected chi connectivity index (χ4v) is 6.77. The number of anilines is 1. The number of hydrogen-bond acceptors (Lipinski definition) is 8. The van der Waals surface area contributed by atoms with Crippen LogP contribution < -0.4 is 4.90 Å². The number of thiophene rings is 2. The Morgan fingerprint density at radius 2 is 2.00 bits per heavy atom. The Morgan fingerprint density at radius 3 is 2.76 bits per heavy atom. The summed E-state index contributed by atoms with van der Waals surface area (Å²) in [5.41, 5.74) is 3.37. The maximum atomic E-state index is 11.9. The van der Waals surface area contributed by atoms with Crippen LogP contribution in [-0.4, -0.2) is 34.0 Å². The van der Waals surface area contributed by atoms with E-state index in [-0.39, 0.29) is 17.3 Å². The van der Waals surface area contributed by atoms with E-state index in [1.165, 1.54) is 28.8 Å².